The van der Waals surface area contributed by atoms with Crippen molar-refractivity contribution in [2.75, 3.05) is 5.32 Å². The second-order valence-corrected chi connectivity index (χ2v) is 6.32. The number of halogens is 1. The predicted octanol–water partition coefficient (Wildman–Crippen LogP) is 4.98. The van der Waals surface area contributed by atoms with Gasteiger partial charge in [-0.25, -0.2) is 0 Å². The molecule has 1 aromatic rings. The van der Waals surface area contributed by atoms with Crippen LogP contribution in [0, 0.1) is 5.92 Å². The van der Waals surface area contributed by atoms with Gasteiger partial charge in [0.15, 0.2) is 0 Å². The lowest BCUT2D eigenvalue weighted by molar-refractivity contribution is -0.113. The topological polar surface area (TPSA) is 29.1 Å². The van der Waals surface area contributed by atoms with Crippen LogP contribution >= 0.6 is 11.6 Å². The van der Waals surface area contributed by atoms with Crippen LogP contribution in [0.15, 0.2) is 47.0 Å². The van der Waals surface area contributed by atoms with Gasteiger partial charge in [0.25, 0.3) is 5.91 Å². The fourth-order valence-corrected chi connectivity index (χ4v) is 3.22. The molecular weight excluding hydrogens is 282 g/mol. The lowest BCUT2D eigenvalue weighted by atomic mass is 10.0. The number of allylic oxidation sites excluding steroid dienone is 3. The Morgan fingerprint density at radius 3 is 2.71 bits per heavy atom. The van der Waals surface area contributed by atoms with Crippen LogP contribution in [-0.2, 0) is 4.79 Å². The van der Waals surface area contributed by atoms with Gasteiger partial charge in [0, 0.05) is 16.3 Å². The Labute approximate surface area is 130 Å². The van der Waals surface area contributed by atoms with Crippen molar-refractivity contribution in [3.8, 4) is 0 Å². The van der Waals surface area contributed by atoms with Crippen molar-refractivity contribution in [3.05, 3.63) is 52.6 Å². The zero-order valence-corrected chi connectivity index (χ0v) is 13.0. The van der Waals surface area contributed by atoms with Gasteiger partial charge in [-0.1, -0.05) is 43.2 Å². The summed E-state index contributed by atoms with van der Waals surface area (Å²) in [6.45, 7) is 2.25. The summed E-state index contributed by atoms with van der Waals surface area (Å²) < 4.78 is 0. The molecule has 1 amide bonds. The number of hydrogen-bond acceptors (Lipinski definition) is 1. The van der Waals surface area contributed by atoms with Gasteiger partial charge in [0.2, 0.25) is 0 Å². The van der Waals surface area contributed by atoms with Gasteiger partial charge in [-0.05, 0) is 54.9 Å². The third kappa shape index (κ3) is 3.38. The van der Waals surface area contributed by atoms with Crippen LogP contribution in [0.25, 0.3) is 0 Å². The number of benzene rings is 1. The van der Waals surface area contributed by atoms with Crippen molar-refractivity contribution in [2.24, 2.45) is 5.92 Å². The summed E-state index contributed by atoms with van der Waals surface area (Å²) in [5.41, 5.74) is 2.99. The Morgan fingerprint density at radius 2 is 2.10 bits per heavy atom. The Bertz CT molecular complexity index is 600. The van der Waals surface area contributed by atoms with Crippen LogP contribution in [0.3, 0.4) is 0 Å². The summed E-state index contributed by atoms with van der Waals surface area (Å²) in [4.78, 5) is 12.2. The molecule has 2 aliphatic carbocycles. The molecule has 3 heteroatoms. The molecule has 0 saturated heterocycles. The van der Waals surface area contributed by atoms with Crippen molar-refractivity contribution in [1.29, 1.82) is 0 Å². The molecule has 0 unspecified atom stereocenters. The number of amides is 1. The fourth-order valence-electron chi connectivity index (χ4n) is 2.97. The molecule has 3 rings (SSSR count). The molecule has 0 heterocycles. The molecule has 1 saturated carbocycles. The van der Waals surface area contributed by atoms with Gasteiger partial charge in [0.1, 0.15) is 0 Å². The van der Waals surface area contributed by atoms with E-state index in [2.05, 4.69) is 24.4 Å². The maximum Gasteiger partial charge on any atom is 0.251 e. The summed E-state index contributed by atoms with van der Waals surface area (Å²) in [6, 6.07) is 8.27. The Balaban J connectivity index is 1.63. The fraction of sp³-hybridized carbons (Fsp3) is 0.389. The van der Waals surface area contributed by atoms with E-state index < -0.39 is 0 Å². The number of hydrogen-bond donors (Lipinski definition) is 1. The highest BCUT2D eigenvalue weighted by Gasteiger charge is 2.36. The second kappa shape index (κ2) is 6.07. The first-order chi connectivity index (χ1) is 10.2. The van der Waals surface area contributed by atoms with E-state index in [-0.39, 0.29) is 5.91 Å². The molecule has 0 bridgehead atoms. The maximum absolute atomic E-state index is 12.2. The monoisotopic (exact) mass is 301 g/mol. The van der Waals surface area contributed by atoms with Crippen LogP contribution < -0.4 is 5.32 Å². The molecule has 0 aromatic heterocycles. The standard InChI is InChI=1S/C18H20ClNO/c1-2-12-11-17(12)13-6-8-16(9-7-13)20-18(21)14-4-3-5-15(19)10-14/h5-10,12,17H,2-4,11H2,1H3,(H,20,21)/t12-,17+/m0/s1. The molecule has 0 spiro atoms. The first-order valence-corrected chi connectivity index (χ1v) is 8.02. The van der Waals surface area contributed by atoms with Gasteiger partial charge in [0.05, 0.1) is 0 Å². The van der Waals surface area contributed by atoms with Crippen molar-refractivity contribution in [2.45, 2.75) is 38.5 Å². The molecule has 0 radical (unpaired) electrons. The minimum Gasteiger partial charge on any atom is -0.322 e. The Hall–Kier alpha value is -1.54. The summed E-state index contributed by atoms with van der Waals surface area (Å²) in [5.74, 6) is 1.53. The zero-order valence-electron chi connectivity index (χ0n) is 12.2. The molecule has 2 aliphatic rings. The smallest absolute Gasteiger partial charge is 0.251 e. The lowest BCUT2D eigenvalue weighted by Gasteiger charge is -2.11. The minimum atomic E-state index is -0.0492. The summed E-state index contributed by atoms with van der Waals surface area (Å²) in [7, 11) is 0. The highest BCUT2D eigenvalue weighted by Crippen LogP contribution is 2.49. The van der Waals surface area contributed by atoms with E-state index >= 15 is 0 Å². The van der Waals surface area contributed by atoms with E-state index in [1.54, 1.807) is 6.08 Å². The van der Waals surface area contributed by atoms with E-state index in [0.717, 1.165) is 35.9 Å². The molecule has 2 nitrogen and oxygen atoms in total. The number of carbonyl (C=O) groups excluding carboxylic acids is 1. The maximum atomic E-state index is 12.2. The number of nitrogens with one attached hydrogen (secondary N) is 1. The largest absolute Gasteiger partial charge is 0.322 e. The highest BCUT2D eigenvalue weighted by atomic mass is 35.5. The van der Waals surface area contributed by atoms with Crippen LogP contribution in [-0.4, -0.2) is 5.91 Å². The van der Waals surface area contributed by atoms with E-state index in [4.69, 9.17) is 11.6 Å². The third-order valence-electron chi connectivity index (χ3n) is 4.40. The van der Waals surface area contributed by atoms with Crippen molar-refractivity contribution in [1.82, 2.24) is 0 Å². The molecule has 21 heavy (non-hydrogen) atoms. The van der Waals surface area contributed by atoms with E-state index in [1.807, 2.05) is 18.2 Å². The normalized spacial score (nSPS) is 24.1. The number of anilines is 1. The number of carbonyl (C=O) groups is 1. The van der Waals surface area contributed by atoms with Crippen molar-refractivity contribution < 1.29 is 4.79 Å². The minimum absolute atomic E-state index is 0.0492. The van der Waals surface area contributed by atoms with Crippen LogP contribution in [0.4, 0.5) is 5.69 Å². The van der Waals surface area contributed by atoms with Crippen molar-refractivity contribution in [3.63, 3.8) is 0 Å². The summed E-state index contributed by atoms with van der Waals surface area (Å²) in [5, 5.41) is 3.60. The van der Waals surface area contributed by atoms with E-state index in [1.165, 1.54) is 18.4 Å². The highest BCUT2D eigenvalue weighted by molar-refractivity contribution is 6.31. The molecule has 1 N–H and O–H groups in total. The summed E-state index contributed by atoms with van der Waals surface area (Å²) in [6.07, 6.45) is 7.83. The van der Waals surface area contributed by atoms with E-state index in [9.17, 15) is 4.79 Å². The quantitative estimate of drug-likeness (QED) is 0.834. The first-order valence-electron chi connectivity index (χ1n) is 7.65. The van der Waals surface area contributed by atoms with Gasteiger partial charge in [-0.15, -0.1) is 0 Å². The predicted molar refractivity (Wildman–Crippen MR) is 87.5 cm³/mol. The van der Waals surface area contributed by atoms with Crippen LogP contribution in [0.5, 0.6) is 0 Å². The first kappa shape index (κ1) is 14.4. The average Bonchev–Trinajstić information content (AvgIpc) is 3.27. The zero-order chi connectivity index (χ0) is 14.8. The molecule has 110 valence electrons. The van der Waals surface area contributed by atoms with Crippen LogP contribution in [0.2, 0.25) is 0 Å². The van der Waals surface area contributed by atoms with Crippen LogP contribution in [0.1, 0.15) is 44.1 Å². The van der Waals surface area contributed by atoms with Gasteiger partial charge >= 0.3 is 0 Å². The molecule has 0 aliphatic heterocycles. The summed E-state index contributed by atoms with van der Waals surface area (Å²) >= 11 is 5.95. The molecule has 1 aromatic carbocycles. The van der Waals surface area contributed by atoms with Gasteiger partial charge < -0.3 is 5.32 Å². The average molecular weight is 302 g/mol. The molecule has 1 fully saturated rings. The Kier molecular flexibility index (Phi) is 4.16. The Morgan fingerprint density at radius 1 is 1.33 bits per heavy atom. The van der Waals surface area contributed by atoms with E-state index in [0.29, 0.717) is 5.03 Å². The SMILES string of the molecule is CC[C@H]1C[C@H]1c1ccc(NC(=O)C2=CC(Cl)=CCC2)cc1. The third-order valence-corrected chi connectivity index (χ3v) is 4.66. The second-order valence-electron chi connectivity index (χ2n) is 5.88. The molecular formula is C18H20ClNO. The number of rotatable bonds is 4. The molecule has 2 atom stereocenters. The van der Waals surface area contributed by atoms with Gasteiger partial charge in [-0.3, -0.25) is 4.79 Å². The van der Waals surface area contributed by atoms with Crippen molar-refractivity contribution >= 4 is 23.2 Å². The lowest BCUT2D eigenvalue weighted by Crippen LogP contribution is -2.15. The van der Waals surface area contributed by atoms with Gasteiger partial charge in [-0.2, -0.15) is 0 Å².